The van der Waals surface area contributed by atoms with E-state index in [9.17, 15) is 4.39 Å². The molecule has 1 aromatic carbocycles. The number of rotatable bonds is 5. The molecule has 1 aliphatic carbocycles. The van der Waals surface area contributed by atoms with Gasteiger partial charge in [0.15, 0.2) is 0 Å². The fourth-order valence-corrected chi connectivity index (χ4v) is 3.35. The lowest BCUT2D eigenvalue weighted by Gasteiger charge is -2.38. The molecule has 100 valence electrons. The lowest BCUT2D eigenvalue weighted by Crippen LogP contribution is -2.30. The topological polar surface area (TPSA) is 20.2 Å². The maximum atomic E-state index is 14.1. The molecule has 0 aliphatic heterocycles. The minimum absolute atomic E-state index is 0.0266. The van der Waals surface area contributed by atoms with Crippen LogP contribution in [0.2, 0.25) is 0 Å². The van der Waals surface area contributed by atoms with Gasteiger partial charge in [-0.15, -0.1) is 0 Å². The van der Waals surface area contributed by atoms with Crippen LogP contribution in [0.4, 0.5) is 4.39 Å². The quantitative estimate of drug-likeness (QED) is 0.777. The normalized spacial score (nSPS) is 18.8. The Hall–Kier alpha value is -0.890. The number of hydrogen-bond donors (Lipinski definition) is 1. The van der Waals surface area contributed by atoms with Crippen molar-refractivity contribution < 1.29 is 9.50 Å². The largest absolute Gasteiger partial charge is 0.396 e. The molecule has 0 bridgehead atoms. The summed E-state index contributed by atoms with van der Waals surface area (Å²) in [6.07, 6.45) is 8.70. The minimum Gasteiger partial charge on any atom is -0.396 e. The molecule has 1 fully saturated rings. The maximum absolute atomic E-state index is 14.1. The van der Waals surface area contributed by atoms with E-state index in [0.717, 1.165) is 37.7 Å². The third kappa shape index (κ3) is 2.92. The molecule has 0 atom stereocenters. The molecule has 2 heteroatoms. The second kappa shape index (κ2) is 6.33. The van der Waals surface area contributed by atoms with Crippen LogP contribution in [0, 0.1) is 5.82 Å². The van der Waals surface area contributed by atoms with Crippen molar-refractivity contribution in [3.63, 3.8) is 0 Å². The Morgan fingerprint density at radius 2 is 1.78 bits per heavy atom. The monoisotopic (exact) mass is 250 g/mol. The highest BCUT2D eigenvalue weighted by atomic mass is 19.1. The third-order valence-electron chi connectivity index (χ3n) is 4.32. The molecule has 0 heterocycles. The zero-order valence-electron chi connectivity index (χ0n) is 11.0. The molecule has 1 aliphatic rings. The highest BCUT2D eigenvalue weighted by Gasteiger charge is 2.35. The van der Waals surface area contributed by atoms with E-state index >= 15 is 0 Å². The second-order valence-electron chi connectivity index (χ2n) is 5.50. The van der Waals surface area contributed by atoms with Crippen molar-refractivity contribution in [3.05, 3.63) is 35.6 Å². The van der Waals surface area contributed by atoms with Gasteiger partial charge in [0.1, 0.15) is 5.82 Å². The molecular weight excluding hydrogens is 227 g/mol. The minimum atomic E-state index is -0.0524. The number of halogens is 1. The molecule has 2 rings (SSSR count). The lowest BCUT2D eigenvalue weighted by atomic mass is 9.66. The molecule has 0 aromatic heterocycles. The summed E-state index contributed by atoms with van der Waals surface area (Å²) in [5.74, 6) is -0.0524. The van der Waals surface area contributed by atoms with Crippen LogP contribution in [0.5, 0.6) is 0 Å². The predicted molar refractivity (Wildman–Crippen MR) is 72.1 cm³/mol. The van der Waals surface area contributed by atoms with Crippen molar-refractivity contribution in [1.82, 2.24) is 0 Å². The smallest absolute Gasteiger partial charge is 0.126 e. The average molecular weight is 250 g/mol. The summed E-state index contributed by atoms with van der Waals surface area (Å²) in [5, 5.41) is 8.93. The number of aliphatic hydroxyl groups is 1. The zero-order chi connectivity index (χ0) is 12.8. The summed E-state index contributed by atoms with van der Waals surface area (Å²) < 4.78 is 14.1. The molecule has 0 unspecified atom stereocenters. The fraction of sp³-hybridized carbons (Fsp3) is 0.625. The van der Waals surface area contributed by atoms with Gasteiger partial charge in [0.2, 0.25) is 0 Å². The molecule has 1 saturated carbocycles. The Labute approximate surface area is 109 Å². The van der Waals surface area contributed by atoms with Gasteiger partial charge in [-0.1, -0.05) is 43.9 Å². The highest BCUT2D eigenvalue weighted by molar-refractivity contribution is 5.27. The standard InChI is InChI=1S/C16H23FO/c17-15-9-3-2-8-14(15)16(12-6-7-13-18)10-4-1-5-11-16/h2-3,8-9,18H,1,4-7,10-13H2. The Balaban J connectivity index is 2.21. The second-order valence-corrected chi connectivity index (χ2v) is 5.50. The predicted octanol–water partition coefficient (Wildman–Crippen LogP) is 4.19. The Bertz CT molecular complexity index is 369. The fourth-order valence-electron chi connectivity index (χ4n) is 3.35. The van der Waals surface area contributed by atoms with Crippen molar-refractivity contribution in [1.29, 1.82) is 0 Å². The SMILES string of the molecule is OCCCCC1(c2ccccc2F)CCCCC1. The van der Waals surface area contributed by atoms with E-state index < -0.39 is 0 Å². The van der Waals surface area contributed by atoms with E-state index in [4.69, 9.17) is 5.11 Å². The van der Waals surface area contributed by atoms with Crippen LogP contribution < -0.4 is 0 Å². The van der Waals surface area contributed by atoms with E-state index in [2.05, 4.69) is 0 Å². The van der Waals surface area contributed by atoms with Gasteiger partial charge < -0.3 is 5.11 Å². The molecule has 1 nitrogen and oxygen atoms in total. The first-order chi connectivity index (χ1) is 8.78. The number of hydrogen-bond acceptors (Lipinski definition) is 1. The van der Waals surface area contributed by atoms with Gasteiger partial charge in [-0.05, 0) is 42.7 Å². The van der Waals surface area contributed by atoms with Crippen molar-refractivity contribution in [2.45, 2.75) is 56.8 Å². The van der Waals surface area contributed by atoms with Crippen LogP contribution in [0.15, 0.2) is 24.3 Å². The summed E-state index contributed by atoms with van der Waals surface area (Å²) in [4.78, 5) is 0. The van der Waals surface area contributed by atoms with Crippen LogP contribution in [-0.4, -0.2) is 11.7 Å². The van der Waals surface area contributed by atoms with Gasteiger partial charge in [-0.2, -0.15) is 0 Å². The number of aliphatic hydroxyl groups excluding tert-OH is 1. The van der Waals surface area contributed by atoms with Crippen molar-refractivity contribution in [3.8, 4) is 0 Å². The van der Waals surface area contributed by atoms with E-state index in [1.807, 2.05) is 12.1 Å². The average Bonchev–Trinajstić information content (AvgIpc) is 2.40. The van der Waals surface area contributed by atoms with Crippen LogP contribution in [0.1, 0.15) is 56.9 Å². The number of unbranched alkanes of at least 4 members (excludes halogenated alkanes) is 1. The molecule has 0 saturated heterocycles. The Morgan fingerprint density at radius 3 is 2.44 bits per heavy atom. The maximum Gasteiger partial charge on any atom is 0.126 e. The van der Waals surface area contributed by atoms with E-state index in [1.54, 1.807) is 12.1 Å². The van der Waals surface area contributed by atoms with Gasteiger partial charge >= 0.3 is 0 Å². The number of benzene rings is 1. The molecule has 0 spiro atoms. The van der Waals surface area contributed by atoms with Gasteiger partial charge in [-0.25, -0.2) is 4.39 Å². The van der Waals surface area contributed by atoms with Gasteiger partial charge in [0, 0.05) is 6.61 Å². The molecule has 18 heavy (non-hydrogen) atoms. The molecular formula is C16H23FO. The molecule has 0 amide bonds. The van der Waals surface area contributed by atoms with E-state index in [-0.39, 0.29) is 17.8 Å². The van der Waals surface area contributed by atoms with Crippen molar-refractivity contribution >= 4 is 0 Å². The van der Waals surface area contributed by atoms with Gasteiger partial charge in [-0.3, -0.25) is 0 Å². The van der Waals surface area contributed by atoms with Gasteiger partial charge in [0.05, 0.1) is 0 Å². The summed E-state index contributed by atoms with van der Waals surface area (Å²) in [6, 6.07) is 7.25. The summed E-state index contributed by atoms with van der Waals surface area (Å²) in [6.45, 7) is 0.243. The first kappa shape index (κ1) is 13.5. The van der Waals surface area contributed by atoms with Crippen LogP contribution >= 0.6 is 0 Å². The Kier molecular flexibility index (Phi) is 4.76. The molecule has 0 radical (unpaired) electrons. The molecule has 1 aromatic rings. The zero-order valence-corrected chi connectivity index (χ0v) is 11.0. The first-order valence-electron chi connectivity index (χ1n) is 7.14. The van der Waals surface area contributed by atoms with E-state index in [1.165, 1.54) is 19.3 Å². The first-order valence-corrected chi connectivity index (χ1v) is 7.14. The summed E-state index contributed by atoms with van der Waals surface area (Å²) >= 11 is 0. The Morgan fingerprint density at radius 1 is 1.06 bits per heavy atom. The summed E-state index contributed by atoms with van der Waals surface area (Å²) in [7, 11) is 0. The van der Waals surface area contributed by atoms with Crippen LogP contribution in [-0.2, 0) is 5.41 Å². The van der Waals surface area contributed by atoms with Crippen LogP contribution in [0.3, 0.4) is 0 Å². The van der Waals surface area contributed by atoms with E-state index in [0.29, 0.717) is 0 Å². The van der Waals surface area contributed by atoms with Crippen molar-refractivity contribution in [2.24, 2.45) is 0 Å². The molecule has 1 N–H and O–H groups in total. The van der Waals surface area contributed by atoms with Crippen molar-refractivity contribution in [2.75, 3.05) is 6.61 Å². The highest BCUT2D eigenvalue weighted by Crippen LogP contribution is 2.44. The van der Waals surface area contributed by atoms with Crippen LogP contribution in [0.25, 0.3) is 0 Å². The summed E-state index contributed by atoms with van der Waals surface area (Å²) in [5.41, 5.74) is 0.932. The third-order valence-corrected chi connectivity index (χ3v) is 4.32. The lowest BCUT2D eigenvalue weighted by molar-refractivity contribution is 0.237. The van der Waals surface area contributed by atoms with Gasteiger partial charge in [0.25, 0.3) is 0 Å².